The average Bonchev–Trinajstić information content (AvgIpc) is 3.92. The molecule has 0 N–H and O–H groups in total. The first-order valence-corrected chi connectivity index (χ1v) is 20.5. The predicted octanol–water partition coefficient (Wildman–Crippen LogP) is 12.2. The van der Waals surface area contributed by atoms with Crippen LogP contribution < -0.4 is 0 Å². The van der Waals surface area contributed by atoms with Crippen molar-refractivity contribution in [1.82, 2.24) is 0 Å². The minimum Gasteiger partial charge on any atom is -0.135 e. The molecule has 0 saturated heterocycles. The van der Waals surface area contributed by atoms with Crippen LogP contribution in [0.1, 0.15) is 113 Å². The first-order chi connectivity index (χ1) is 23.4. The zero-order chi connectivity index (χ0) is 32.4. The van der Waals surface area contributed by atoms with Crippen molar-refractivity contribution in [2.24, 2.45) is 0 Å². The van der Waals surface area contributed by atoms with Gasteiger partial charge in [0.15, 0.2) is 0 Å². The van der Waals surface area contributed by atoms with Crippen LogP contribution in [0.3, 0.4) is 0 Å². The quantitative estimate of drug-likeness (QED) is 0.149. The fraction of sp³-hybridized carbons (Fsp3) is 0.286. The molecule has 2 aromatic carbocycles. The molecule has 4 aromatic rings. The molecule has 2 aromatic heterocycles. The Morgan fingerprint density at radius 1 is 0.542 bits per heavy atom. The van der Waals surface area contributed by atoms with Gasteiger partial charge in [-0.2, -0.15) is 0 Å². The van der Waals surface area contributed by atoms with Crippen LogP contribution in [0.2, 0.25) is 0 Å². The van der Waals surface area contributed by atoms with E-state index in [9.17, 15) is 0 Å². The van der Waals surface area contributed by atoms with Crippen LogP contribution in [-0.2, 0) is 10.8 Å². The van der Waals surface area contributed by atoms with E-state index in [1.165, 1.54) is 84.4 Å². The van der Waals surface area contributed by atoms with Crippen molar-refractivity contribution in [2.45, 2.75) is 75.0 Å². The largest absolute Gasteiger partial charge is 0.135 e. The van der Waals surface area contributed by atoms with Gasteiger partial charge >= 0.3 is 0 Å². The summed E-state index contributed by atoms with van der Waals surface area (Å²) in [6.07, 6.45) is 19.9. The molecular weight excluding hydrogens is 697 g/mol. The third kappa shape index (κ3) is 4.02. The van der Waals surface area contributed by atoms with Gasteiger partial charge in [0.1, 0.15) is 0 Å². The van der Waals surface area contributed by atoms with Crippen LogP contribution in [0.5, 0.6) is 0 Å². The highest BCUT2D eigenvalue weighted by Crippen LogP contribution is 2.67. The predicted molar refractivity (Wildman–Crippen MR) is 220 cm³/mol. The Morgan fingerprint density at radius 2 is 1.04 bits per heavy atom. The number of thiophene rings is 2. The molecule has 10 rings (SSSR count). The van der Waals surface area contributed by atoms with Crippen LogP contribution in [0.25, 0.3) is 21.9 Å². The topological polar surface area (TPSA) is 0 Å². The van der Waals surface area contributed by atoms with Crippen molar-refractivity contribution in [3.63, 3.8) is 0 Å². The Hall–Kier alpha value is -2.58. The number of hydrogen-bond donors (Lipinski definition) is 0. The molecule has 236 valence electrons. The van der Waals surface area contributed by atoms with Gasteiger partial charge in [-0.3, -0.25) is 0 Å². The normalized spacial score (nSPS) is 21.0. The summed E-state index contributed by atoms with van der Waals surface area (Å²) in [6, 6.07) is 19.3. The minimum absolute atomic E-state index is 0.0437. The maximum Gasteiger partial charge on any atom is 0.0543 e. The summed E-state index contributed by atoms with van der Waals surface area (Å²) in [6.45, 7) is 0. The molecule has 6 aliphatic carbocycles. The van der Waals surface area contributed by atoms with E-state index >= 15 is 0 Å². The van der Waals surface area contributed by atoms with Gasteiger partial charge in [-0.05, 0) is 72.2 Å². The first-order valence-electron chi connectivity index (χ1n) is 17.3. The van der Waals surface area contributed by atoms with Gasteiger partial charge < -0.3 is 0 Å². The van der Waals surface area contributed by atoms with Crippen molar-refractivity contribution >= 4 is 103 Å². The molecule has 2 spiro atoms. The maximum absolute atomic E-state index is 6.07. The Labute approximate surface area is 311 Å². The van der Waals surface area contributed by atoms with E-state index in [0.717, 1.165) is 52.9 Å². The van der Waals surface area contributed by atoms with E-state index in [4.69, 9.17) is 48.9 Å². The summed E-state index contributed by atoms with van der Waals surface area (Å²) >= 11 is 28.1. The monoisotopic (exact) mass is 728 g/mol. The van der Waals surface area contributed by atoms with Crippen molar-refractivity contribution in [1.29, 1.82) is 0 Å². The number of hydrogen-bond acceptors (Lipinski definition) is 6. The number of allylic oxidation sites excluding steroid dienone is 4. The molecule has 2 saturated carbocycles. The van der Waals surface area contributed by atoms with Gasteiger partial charge in [-0.25, -0.2) is 0 Å². The lowest BCUT2D eigenvalue weighted by Gasteiger charge is -2.42. The SMILES string of the molecule is S=C1C(=CC2=Cc3sc4c(c3C23CCCCC3)C2(CCCCC2)c2cc(C=C3C(=S)c5ccccc5C3=S)sc2-4)C(=S)c2ccccc21. The summed E-state index contributed by atoms with van der Waals surface area (Å²) in [4.78, 5) is 9.42. The van der Waals surface area contributed by atoms with Gasteiger partial charge in [0, 0.05) is 63.7 Å². The van der Waals surface area contributed by atoms with E-state index in [-0.39, 0.29) is 10.8 Å². The zero-order valence-electron chi connectivity index (χ0n) is 26.4. The van der Waals surface area contributed by atoms with Crippen molar-refractivity contribution in [3.05, 3.63) is 126 Å². The standard InChI is InChI=1S/C42H32S6/c43-35-25-11-3-4-12-26(25)36(44)29(35)19-23-20-32-33(41(23)15-7-1-8-16-41)34-40(48-32)39-31(42(34)17-9-2-10-18-42)22-24(47-39)21-30-37(45)27-13-5-6-14-28(27)38(30)46/h3-6,11-14,19-22H,1-2,7-10,15-18H2. The average molecular weight is 729 g/mol. The number of rotatable bonds is 2. The third-order valence-electron chi connectivity index (χ3n) is 12.0. The molecule has 0 aliphatic heterocycles. The second-order valence-electron chi connectivity index (χ2n) is 14.3. The summed E-state index contributed by atoms with van der Waals surface area (Å²) in [5.41, 5.74) is 13.1. The Kier molecular flexibility index (Phi) is 6.91. The number of benzene rings is 2. The molecule has 48 heavy (non-hydrogen) atoms. The highest BCUT2D eigenvalue weighted by molar-refractivity contribution is 7.84. The van der Waals surface area contributed by atoms with Gasteiger partial charge in [0.2, 0.25) is 0 Å². The summed E-state index contributed by atoms with van der Waals surface area (Å²) in [5, 5.41) is 0. The van der Waals surface area contributed by atoms with Gasteiger partial charge in [0.25, 0.3) is 0 Å². The van der Waals surface area contributed by atoms with E-state index in [2.05, 4.69) is 84.2 Å². The lowest BCUT2D eigenvalue weighted by molar-refractivity contribution is 0.324. The molecule has 6 heteroatoms. The molecule has 2 heterocycles. The van der Waals surface area contributed by atoms with E-state index in [0.29, 0.717) is 0 Å². The van der Waals surface area contributed by atoms with E-state index in [1.807, 2.05) is 11.3 Å². The van der Waals surface area contributed by atoms with Gasteiger partial charge in [-0.1, -0.05) is 136 Å². The fourth-order valence-electron chi connectivity index (χ4n) is 9.86. The number of fused-ring (bicyclic) bond motifs is 10. The van der Waals surface area contributed by atoms with Crippen LogP contribution >= 0.6 is 71.5 Å². The lowest BCUT2D eigenvalue weighted by Crippen LogP contribution is -2.35. The highest BCUT2D eigenvalue weighted by Gasteiger charge is 2.54. The van der Waals surface area contributed by atoms with Crippen LogP contribution in [0.15, 0.2) is 77.4 Å². The van der Waals surface area contributed by atoms with E-state index in [1.54, 1.807) is 21.6 Å². The van der Waals surface area contributed by atoms with Crippen molar-refractivity contribution in [3.8, 4) is 9.75 Å². The molecule has 2 fully saturated rings. The minimum atomic E-state index is 0.0437. The molecule has 6 aliphatic rings. The highest BCUT2D eigenvalue weighted by atomic mass is 32.1. The second-order valence-corrected chi connectivity index (χ2v) is 18.1. The molecule has 0 bridgehead atoms. The Balaban J connectivity index is 1.12. The van der Waals surface area contributed by atoms with Gasteiger partial charge in [0.05, 0.1) is 19.5 Å². The zero-order valence-corrected chi connectivity index (χ0v) is 31.3. The van der Waals surface area contributed by atoms with Crippen LogP contribution in [-0.4, -0.2) is 19.5 Å². The second kappa shape index (κ2) is 11.0. The smallest absolute Gasteiger partial charge is 0.0543 e. The maximum atomic E-state index is 6.07. The number of thiocarbonyl (C=S) groups is 4. The summed E-state index contributed by atoms with van der Waals surface area (Å²) < 4.78 is 0. The van der Waals surface area contributed by atoms with Crippen molar-refractivity contribution < 1.29 is 0 Å². The molecule has 0 unspecified atom stereocenters. The van der Waals surface area contributed by atoms with Crippen LogP contribution in [0, 0.1) is 0 Å². The Bertz CT molecular complexity index is 2190. The Morgan fingerprint density at radius 3 is 1.58 bits per heavy atom. The third-order valence-corrected chi connectivity index (χ3v) is 16.2. The molecule has 0 radical (unpaired) electrons. The lowest BCUT2D eigenvalue weighted by atomic mass is 9.61. The van der Waals surface area contributed by atoms with E-state index < -0.39 is 0 Å². The molecular formula is C42H32S6. The van der Waals surface area contributed by atoms with Crippen molar-refractivity contribution in [2.75, 3.05) is 0 Å². The molecule has 0 amide bonds. The summed E-state index contributed by atoms with van der Waals surface area (Å²) in [7, 11) is 0. The first kappa shape index (κ1) is 30.3. The van der Waals surface area contributed by atoms with Gasteiger partial charge in [-0.15, -0.1) is 22.7 Å². The summed E-state index contributed by atoms with van der Waals surface area (Å²) in [5.74, 6) is 0. The van der Waals surface area contributed by atoms with Crippen LogP contribution in [0.4, 0.5) is 0 Å². The molecule has 0 nitrogen and oxygen atoms in total. The fourth-order valence-corrected chi connectivity index (χ4v) is 14.1. The molecule has 0 atom stereocenters.